The first-order valence-electron chi connectivity index (χ1n) is 5.07. The van der Waals surface area contributed by atoms with Crippen molar-refractivity contribution in [2.75, 3.05) is 0 Å². The van der Waals surface area contributed by atoms with Crippen LogP contribution in [0.2, 0.25) is 0 Å². The second-order valence-electron chi connectivity index (χ2n) is 3.99. The third kappa shape index (κ3) is 1.32. The van der Waals surface area contributed by atoms with Gasteiger partial charge < -0.3 is 25.4 Å². The van der Waals surface area contributed by atoms with E-state index >= 15 is 0 Å². The summed E-state index contributed by atoms with van der Waals surface area (Å²) in [6.07, 6.45) is 0. The molecule has 6 heteroatoms. The van der Waals surface area contributed by atoms with Crippen LogP contribution in [0.3, 0.4) is 0 Å². The lowest BCUT2D eigenvalue weighted by Crippen LogP contribution is -1.75. The number of hydrogen-bond donors (Lipinski definition) is 5. The first kappa shape index (κ1) is 11.0. The third-order valence-corrected chi connectivity index (χ3v) is 3.50. The number of aromatic hydroxyl groups is 4. The fourth-order valence-corrected chi connectivity index (χ4v) is 2.66. The second kappa shape index (κ2) is 3.46. The molecule has 3 aromatic rings. The largest absolute Gasteiger partial charge is 0.504 e. The first-order valence-corrected chi connectivity index (χ1v) is 5.86. The topological polar surface area (TPSA) is 96.7 Å². The minimum absolute atomic E-state index is 0.247. The van der Waals surface area contributed by atoms with E-state index in [4.69, 9.17) is 0 Å². The van der Waals surface area contributed by atoms with Crippen molar-refractivity contribution >= 4 is 37.7 Å². The lowest BCUT2D eigenvalue weighted by atomic mass is 10.1. The Balaban J connectivity index is 2.60. The van der Waals surface area contributed by atoms with Gasteiger partial charge in [-0.15, -0.1) is 0 Å². The smallest absolute Gasteiger partial charge is 0.182 e. The number of rotatable bonds is 0. The van der Waals surface area contributed by atoms with Crippen LogP contribution in [0.15, 0.2) is 22.7 Å². The number of phenolic OH excluding ortho intramolecular Hbond substituents is 4. The van der Waals surface area contributed by atoms with Gasteiger partial charge in [-0.05, 0) is 28.1 Å². The molecule has 0 saturated carbocycles. The maximum atomic E-state index is 9.80. The number of fused-ring (bicyclic) bond motifs is 3. The molecule has 5 N–H and O–H groups in total. The predicted octanol–water partition coefficient (Wildman–Crippen LogP) is 2.91. The third-order valence-electron chi connectivity index (χ3n) is 2.88. The highest BCUT2D eigenvalue weighted by Crippen LogP contribution is 2.43. The molecule has 0 fully saturated rings. The van der Waals surface area contributed by atoms with Crippen LogP contribution >= 0.6 is 15.9 Å². The molecule has 0 aliphatic rings. The van der Waals surface area contributed by atoms with Crippen LogP contribution < -0.4 is 0 Å². The van der Waals surface area contributed by atoms with E-state index in [1.807, 2.05) is 0 Å². The Hall–Kier alpha value is -2.08. The molecule has 0 spiro atoms. The number of benzene rings is 2. The van der Waals surface area contributed by atoms with Gasteiger partial charge in [0.1, 0.15) is 0 Å². The molecule has 0 atom stereocenters. The van der Waals surface area contributed by atoms with Crippen molar-refractivity contribution in [3.05, 3.63) is 22.7 Å². The van der Waals surface area contributed by atoms with Gasteiger partial charge in [0.2, 0.25) is 0 Å². The van der Waals surface area contributed by atoms with Crippen LogP contribution in [-0.4, -0.2) is 25.4 Å². The molecular formula is C12H8BrNO4. The molecule has 0 saturated heterocycles. The molecule has 0 radical (unpaired) electrons. The van der Waals surface area contributed by atoms with Gasteiger partial charge in [0, 0.05) is 21.3 Å². The van der Waals surface area contributed by atoms with Crippen molar-refractivity contribution in [2.45, 2.75) is 0 Å². The summed E-state index contributed by atoms with van der Waals surface area (Å²) < 4.78 is 0.573. The monoisotopic (exact) mass is 309 g/mol. The second-order valence-corrected chi connectivity index (χ2v) is 4.84. The van der Waals surface area contributed by atoms with E-state index < -0.39 is 0 Å². The van der Waals surface area contributed by atoms with E-state index in [0.29, 0.717) is 26.3 Å². The summed E-state index contributed by atoms with van der Waals surface area (Å²) in [6, 6.07) is 4.12. The molecule has 0 amide bonds. The molecule has 0 unspecified atom stereocenters. The minimum atomic E-state index is -0.275. The van der Waals surface area contributed by atoms with E-state index in [9.17, 15) is 20.4 Å². The Morgan fingerprint density at radius 2 is 1.56 bits per heavy atom. The summed E-state index contributed by atoms with van der Waals surface area (Å²) in [4.78, 5) is 2.88. The molecule has 1 aromatic heterocycles. The van der Waals surface area contributed by atoms with Crippen molar-refractivity contribution in [2.24, 2.45) is 0 Å². The average Bonchev–Trinajstić information content (AvgIpc) is 2.66. The lowest BCUT2D eigenvalue weighted by Gasteiger charge is -2.01. The molecular weight excluding hydrogens is 302 g/mol. The number of aromatic nitrogens is 1. The molecule has 0 bridgehead atoms. The van der Waals surface area contributed by atoms with Crippen LogP contribution in [0.4, 0.5) is 0 Å². The molecule has 5 nitrogen and oxygen atoms in total. The summed E-state index contributed by atoms with van der Waals surface area (Å²) in [5.74, 6) is -1.03. The zero-order valence-electron chi connectivity index (χ0n) is 8.90. The summed E-state index contributed by atoms with van der Waals surface area (Å²) in [5, 5.41) is 39.5. The predicted molar refractivity (Wildman–Crippen MR) is 70.2 cm³/mol. The summed E-state index contributed by atoms with van der Waals surface area (Å²) in [6.45, 7) is 0. The van der Waals surface area contributed by atoms with Gasteiger partial charge in [0.25, 0.3) is 0 Å². The van der Waals surface area contributed by atoms with Gasteiger partial charge in [-0.2, -0.15) is 0 Å². The van der Waals surface area contributed by atoms with E-state index in [1.165, 1.54) is 18.2 Å². The summed E-state index contributed by atoms with van der Waals surface area (Å²) >= 11 is 3.29. The number of phenols is 4. The zero-order valence-corrected chi connectivity index (χ0v) is 10.5. The van der Waals surface area contributed by atoms with Crippen molar-refractivity contribution in [1.29, 1.82) is 0 Å². The van der Waals surface area contributed by atoms with Gasteiger partial charge in [0.05, 0.1) is 11.0 Å². The zero-order chi connectivity index (χ0) is 13.0. The van der Waals surface area contributed by atoms with E-state index in [2.05, 4.69) is 20.9 Å². The minimum Gasteiger partial charge on any atom is -0.504 e. The molecule has 0 aliphatic carbocycles. The van der Waals surface area contributed by atoms with Crippen molar-refractivity contribution < 1.29 is 20.4 Å². The van der Waals surface area contributed by atoms with Crippen molar-refractivity contribution in [3.8, 4) is 23.0 Å². The highest BCUT2D eigenvalue weighted by molar-refractivity contribution is 9.10. The van der Waals surface area contributed by atoms with Crippen molar-refractivity contribution in [1.82, 2.24) is 4.98 Å². The molecule has 3 rings (SSSR count). The highest BCUT2D eigenvalue weighted by Gasteiger charge is 2.16. The molecule has 0 aliphatic heterocycles. The Morgan fingerprint density at radius 3 is 2.28 bits per heavy atom. The fourth-order valence-electron chi connectivity index (χ4n) is 2.03. The average molecular weight is 310 g/mol. The standard InChI is InChI=1S/C12H8BrNO4/c13-5-2-9(17)12(18)11-10(5)4-1-7(15)8(16)3-6(4)14-11/h1-3,14-18H. The number of halogens is 1. The number of H-pyrrole nitrogens is 1. The number of aromatic amines is 1. The SMILES string of the molecule is Oc1cc2[nH]c3c(O)c(O)cc(Br)c3c2cc1O. The quantitative estimate of drug-likeness (QED) is 0.412. The molecule has 2 aromatic carbocycles. The van der Waals surface area contributed by atoms with E-state index in [-0.39, 0.29) is 23.0 Å². The Kier molecular flexibility index (Phi) is 2.12. The van der Waals surface area contributed by atoms with Gasteiger partial charge in [-0.3, -0.25) is 0 Å². The lowest BCUT2D eigenvalue weighted by molar-refractivity contribution is 0.405. The maximum absolute atomic E-state index is 9.80. The molecule has 1 heterocycles. The van der Waals surface area contributed by atoms with Gasteiger partial charge >= 0.3 is 0 Å². The van der Waals surface area contributed by atoms with Gasteiger partial charge in [0.15, 0.2) is 23.0 Å². The van der Waals surface area contributed by atoms with Crippen LogP contribution in [0, 0.1) is 0 Å². The van der Waals surface area contributed by atoms with Crippen LogP contribution in [0.5, 0.6) is 23.0 Å². The highest BCUT2D eigenvalue weighted by atomic mass is 79.9. The number of hydrogen-bond acceptors (Lipinski definition) is 4. The van der Waals surface area contributed by atoms with Crippen LogP contribution in [-0.2, 0) is 0 Å². The fraction of sp³-hybridized carbons (Fsp3) is 0. The van der Waals surface area contributed by atoms with Crippen LogP contribution in [0.25, 0.3) is 21.8 Å². The van der Waals surface area contributed by atoms with E-state index in [0.717, 1.165) is 0 Å². The summed E-state index contributed by atoms with van der Waals surface area (Å²) in [7, 11) is 0. The molecule has 18 heavy (non-hydrogen) atoms. The van der Waals surface area contributed by atoms with Gasteiger partial charge in [-0.25, -0.2) is 0 Å². The number of nitrogens with one attached hydrogen (secondary N) is 1. The Labute approximate surface area is 109 Å². The Morgan fingerprint density at radius 1 is 0.889 bits per heavy atom. The van der Waals surface area contributed by atoms with Gasteiger partial charge in [-0.1, -0.05) is 0 Å². The summed E-state index contributed by atoms with van der Waals surface area (Å²) in [5.41, 5.74) is 0.878. The van der Waals surface area contributed by atoms with Crippen molar-refractivity contribution in [3.63, 3.8) is 0 Å². The molecule has 92 valence electrons. The van der Waals surface area contributed by atoms with Crippen LogP contribution in [0.1, 0.15) is 0 Å². The van der Waals surface area contributed by atoms with E-state index in [1.54, 1.807) is 0 Å². The Bertz CT molecular complexity index is 794. The first-order chi connectivity index (χ1) is 8.49. The normalized spacial score (nSPS) is 11.4. The maximum Gasteiger partial charge on any atom is 0.182 e.